The van der Waals surface area contributed by atoms with Crippen molar-refractivity contribution in [2.75, 3.05) is 20.2 Å². The standard InChI is InChI=1S/C17H24N2O/c1-13-6-7-17-16(9-13)14(10-18-17)11-19(2)12-15-5-3-4-8-20-15/h6-7,9-10,15,18H,3-5,8,11-12H2,1-2H3/t15-/m0/s1. The van der Waals surface area contributed by atoms with E-state index in [-0.39, 0.29) is 0 Å². The maximum Gasteiger partial charge on any atom is 0.0702 e. The normalized spacial score (nSPS) is 19.9. The first-order valence-corrected chi connectivity index (χ1v) is 7.59. The van der Waals surface area contributed by atoms with Gasteiger partial charge in [0.25, 0.3) is 0 Å². The maximum atomic E-state index is 5.82. The van der Waals surface area contributed by atoms with Crippen molar-refractivity contribution in [3.8, 4) is 0 Å². The van der Waals surface area contributed by atoms with Gasteiger partial charge in [-0.3, -0.25) is 4.90 Å². The summed E-state index contributed by atoms with van der Waals surface area (Å²) >= 11 is 0. The molecule has 0 unspecified atom stereocenters. The lowest BCUT2D eigenvalue weighted by Gasteiger charge is -2.27. The molecule has 108 valence electrons. The minimum Gasteiger partial charge on any atom is -0.377 e. The van der Waals surface area contributed by atoms with Gasteiger partial charge in [-0.25, -0.2) is 0 Å². The van der Waals surface area contributed by atoms with E-state index in [0.717, 1.165) is 19.7 Å². The summed E-state index contributed by atoms with van der Waals surface area (Å²) in [6.07, 6.45) is 6.30. The lowest BCUT2D eigenvalue weighted by Crippen LogP contribution is -2.33. The van der Waals surface area contributed by atoms with Crippen molar-refractivity contribution in [3.05, 3.63) is 35.5 Å². The highest BCUT2D eigenvalue weighted by molar-refractivity contribution is 5.83. The van der Waals surface area contributed by atoms with Crippen molar-refractivity contribution in [2.45, 2.75) is 38.8 Å². The van der Waals surface area contributed by atoms with Crippen molar-refractivity contribution in [2.24, 2.45) is 0 Å². The first-order valence-electron chi connectivity index (χ1n) is 7.59. The quantitative estimate of drug-likeness (QED) is 0.923. The molecule has 1 aliphatic rings. The first-order chi connectivity index (χ1) is 9.72. The number of fused-ring (bicyclic) bond motifs is 1. The van der Waals surface area contributed by atoms with Gasteiger partial charge in [0, 0.05) is 36.8 Å². The molecule has 1 fully saturated rings. The number of benzene rings is 1. The van der Waals surface area contributed by atoms with Gasteiger partial charge < -0.3 is 9.72 Å². The zero-order valence-corrected chi connectivity index (χ0v) is 12.5. The molecular formula is C17H24N2O. The zero-order chi connectivity index (χ0) is 13.9. The SMILES string of the molecule is Cc1ccc2[nH]cc(CN(C)C[C@@H]3CCCCO3)c2c1. The predicted molar refractivity (Wildman–Crippen MR) is 83.0 cm³/mol. The highest BCUT2D eigenvalue weighted by Crippen LogP contribution is 2.21. The Morgan fingerprint density at radius 2 is 2.25 bits per heavy atom. The van der Waals surface area contributed by atoms with Gasteiger partial charge >= 0.3 is 0 Å². The van der Waals surface area contributed by atoms with Crippen molar-refractivity contribution < 1.29 is 4.74 Å². The molecule has 0 spiro atoms. The van der Waals surface area contributed by atoms with E-state index >= 15 is 0 Å². The number of aromatic nitrogens is 1. The number of nitrogens with zero attached hydrogens (tertiary/aromatic N) is 1. The molecule has 3 heteroatoms. The Morgan fingerprint density at radius 1 is 1.35 bits per heavy atom. The smallest absolute Gasteiger partial charge is 0.0702 e. The van der Waals surface area contributed by atoms with Crippen LogP contribution >= 0.6 is 0 Å². The van der Waals surface area contributed by atoms with E-state index in [1.165, 1.54) is 41.3 Å². The van der Waals surface area contributed by atoms with Crippen LogP contribution < -0.4 is 0 Å². The van der Waals surface area contributed by atoms with E-state index in [1.54, 1.807) is 0 Å². The van der Waals surface area contributed by atoms with E-state index in [0.29, 0.717) is 6.10 Å². The monoisotopic (exact) mass is 272 g/mol. The average Bonchev–Trinajstić information content (AvgIpc) is 2.82. The second kappa shape index (κ2) is 5.98. The van der Waals surface area contributed by atoms with Crippen LogP contribution in [0.2, 0.25) is 0 Å². The summed E-state index contributed by atoms with van der Waals surface area (Å²) in [5.41, 5.74) is 3.92. The van der Waals surface area contributed by atoms with Crippen molar-refractivity contribution in [1.82, 2.24) is 9.88 Å². The maximum absolute atomic E-state index is 5.82. The predicted octanol–water partition coefficient (Wildman–Crippen LogP) is 3.48. The second-order valence-corrected chi connectivity index (χ2v) is 6.05. The van der Waals surface area contributed by atoms with Gasteiger partial charge in [0.15, 0.2) is 0 Å². The van der Waals surface area contributed by atoms with E-state index in [4.69, 9.17) is 4.74 Å². The molecule has 1 aromatic heterocycles. The van der Waals surface area contributed by atoms with Crippen LogP contribution in [-0.4, -0.2) is 36.2 Å². The second-order valence-electron chi connectivity index (χ2n) is 6.05. The first kappa shape index (κ1) is 13.7. The minimum absolute atomic E-state index is 0.417. The van der Waals surface area contributed by atoms with Crippen LogP contribution in [0.25, 0.3) is 10.9 Å². The number of ether oxygens (including phenoxy) is 1. The molecule has 0 aliphatic carbocycles. The molecule has 1 aromatic carbocycles. The van der Waals surface area contributed by atoms with Crippen LogP contribution in [0.3, 0.4) is 0 Å². The minimum atomic E-state index is 0.417. The highest BCUT2D eigenvalue weighted by atomic mass is 16.5. The zero-order valence-electron chi connectivity index (χ0n) is 12.5. The number of hydrogen-bond acceptors (Lipinski definition) is 2. The molecule has 3 nitrogen and oxygen atoms in total. The molecule has 3 rings (SSSR count). The Morgan fingerprint density at radius 3 is 3.05 bits per heavy atom. The van der Waals surface area contributed by atoms with Gasteiger partial charge in [-0.2, -0.15) is 0 Å². The molecular weight excluding hydrogens is 248 g/mol. The number of hydrogen-bond donors (Lipinski definition) is 1. The fourth-order valence-corrected chi connectivity index (χ4v) is 3.08. The third kappa shape index (κ3) is 3.05. The Balaban J connectivity index is 1.67. The van der Waals surface area contributed by atoms with E-state index in [1.807, 2.05) is 0 Å². The van der Waals surface area contributed by atoms with E-state index < -0.39 is 0 Å². The Labute approximate surface area is 120 Å². The summed E-state index contributed by atoms with van der Waals surface area (Å²) in [7, 11) is 2.19. The number of rotatable bonds is 4. The van der Waals surface area contributed by atoms with Crippen LogP contribution in [0, 0.1) is 6.92 Å². The molecule has 1 aliphatic heterocycles. The Hall–Kier alpha value is -1.32. The van der Waals surface area contributed by atoms with Gasteiger partial charge in [0.2, 0.25) is 0 Å². The molecule has 0 amide bonds. The van der Waals surface area contributed by atoms with Crippen molar-refractivity contribution >= 4 is 10.9 Å². The molecule has 1 N–H and O–H groups in total. The van der Waals surface area contributed by atoms with Gasteiger partial charge in [-0.1, -0.05) is 11.6 Å². The molecule has 0 saturated carbocycles. The van der Waals surface area contributed by atoms with Crippen LogP contribution in [-0.2, 0) is 11.3 Å². The van der Waals surface area contributed by atoms with Gasteiger partial charge in [0.05, 0.1) is 6.10 Å². The lowest BCUT2D eigenvalue weighted by molar-refractivity contribution is -0.00253. The fourth-order valence-electron chi connectivity index (χ4n) is 3.08. The van der Waals surface area contributed by atoms with Gasteiger partial charge in [-0.15, -0.1) is 0 Å². The number of H-pyrrole nitrogens is 1. The molecule has 2 heterocycles. The van der Waals surface area contributed by atoms with E-state index in [9.17, 15) is 0 Å². The Bertz CT molecular complexity index is 569. The summed E-state index contributed by atoms with van der Waals surface area (Å²) in [6.45, 7) is 5.09. The summed E-state index contributed by atoms with van der Waals surface area (Å²) in [6, 6.07) is 6.59. The van der Waals surface area contributed by atoms with Crippen LogP contribution in [0.15, 0.2) is 24.4 Å². The highest BCUT2D eigenvalue weighted by Gasteiger charge is 2.16. The number of aromatic amines is 1. The molecule has 20 heavy (non-hydrogen) atoms. The summed E-state index contributed by atoms with van der Waals surface area (Å²) in [5, 5.41) is 1.35. The molecule has 2 aromatic rings. The van der Waals surface area contributed by atoms with Crippen molar-refractivity contribution in [1.29, 1.82) is 0 Å². The number of aryl methyl sites for hydroxylation is 1. The van der Waals surface area contributed by atoms with E-state index in [2.05, 4.69) is 48.3 Å². The Kier molecular flexibility index (Phi) is 4.08. The summed E-state index contributed by atoms with van der Waals surface area (Å²) in [5.74, 6) is 0. The number of nitrogens with one attached hydrogen (secondary N) is 1. The van der Waals surface area contributed by atoms with Crippen LogP contribution in [0.1, 0.15) is 30.4 Å². The van der Waals surface area contributed by atoms with Gasteiger partial charge in [-0.05, 0) is 50.9 Å². The fraction of sp³-hybridized carbons (Fsp3) is 0.529. The lowest BCUT2D eigenvalue weighted by atomic mass is 10.1. The summed E-state index contributed by atoms with van der Waals surface area (Å²) in [4.78, 5) is 5.74. The summed E-state index contributed by atoms with van der Waals surface area (Å²) < 4.78 is 5.82. The number of likely N-dealkylation sites (N-methyl/N-ethyl adjacent to an activating group) is 1. The largest absolute Gasteiger partial charge is 0.377 e. The molecule has 0 bridgehead atoms. The van der Waals surface area contributed by atoms with Crippen LogP contribution in [0.5, 0.6) is 0 Å². The topological polar surface area (TPSA) is 28.3 Å². The third-order valence-electron chi connectivity index (χ3n) is 4.15. The average molecular weight is 272 g/mol. The third-order valence-corrected chi connectivity index (χ3v) is 4.15. The van der Waals surface area contributed by atoms with Crippen molar-refractivity contribution in [3.63, 3.8) is 0 Å². The molecule has 0 radical (unpaired) electrons. The molecule has 1 atom stereocenters. The van der Waals surface area contributed by atoms with Gasteiger partial charge in [0.1, 0.15) is 0 Å². The van der Waals surface area contributed by atoms with Crippen LogP contribution in [0.4, 0.5) is 0 Å². The molecule has 1 saturated heterocycles.